The van der Waals surface area contributed by atoms with Gasteiger partial charge >= 0.3 is 35.3 Å². The van der Waals surface area contributed by atoms with Crippen LogP contribution in [0.2, 0.25) is 0 Å². The molecule has 0 aliphatic heterocycles. The van der Waals surface area contributed by atoms with E-state index >= 15 is 0 Å². The molecule has 3 nitrogen and oxygen atoms in total. The maximum atomic E-state index is 9.88. The third-order valence-electron chi connectivity index (χ3n) is 0. The third kappa shape index (κ3) is 258. The predicted octanol–water partition coefficient (Wildman–Crippen LogP) is -1.22. The van der Waals surface area contributed by atoms with Gasteiger partial charge in [-0.2, -0.15) is 0 Å². The number of halogens is 3. The van der Waals surface area contributed by atoms with Crippen LogP contribution in [-0.4, -0.2) is 16.4 Å². The van der Waals surface area contributed by atoms with E-state index in [9.17, 15) is 5.77 Å². The van der Waals surface area contributed by atoms with Crippen molar-refractivity contribution in [2.45, 2.75) is 0 Å². The van der Waals surface area contributed by atoms with Crippen molar-refractivity contribution in [1.82, 2.24) is 0 Å². The van der Waals surface area contributed by atoms with Gasteiger partial charge in [0.25, 0.3) is 0 Å². The molecular weight excluding hydrogens is 194 g/mol. The van der Waals surface area contributed by atoms with Gasteiger partial charge in [-0.15, -0.1) is 0 Å². The quantitative estimate of drug-likeness (QED) is 0.468. The Morgan fingerprint density at radius 3 is 0.714 bits per heavy atom. The van der Waals surface area contributed by atoms with E-state index in [0.29, 0.717) is 0 Å². The Labute approximate surface area is 51.9 Å². The number of rotatable bonds is 0. The first-order valence-electron chi connectivity index (χ1n) is 0.655. The van der Waals surface area contributed by atoms with E-state index in [2.05, 4.69) is 0 Å². The maximum absolute atomic E-state index is 9.88. The molecule has 0 aromatic carbocycles. The van der Waals surface area contributed by atoms with Crippen LogP contribution in [-0.2, 0) is 29.6 Å². The summed E-state index contributed by atoms with van der Waals surface area (Å²) < 4.78 is 29.6. The van der Waals surface area contributed by atoms with Crippen LogP contribution >= 0.6 is 0 Å². The van der Waals surface area contributed by atoms with Gasteiger partial charge < -0.3 is 16.4 Å². The zero-order chi connectivity index (χ0) is 3.58. The molecule has 0 aliphatic carbocycles. The summed E-state index contributed by atoms with van der Waals surface area (Å²) in [7, 11) is 0. The molecule has 7 heavy (non-hydrogen) atoms. The molecule has 0 aromatic rings. The van der Waals surface area contributed by atoms with Crippen molar-refractivity contribution in [3.05, 3.63) is 0 Å². The summed E-state index contributed by atoms with van der Waals surface area (Å²) >= 11 is -5.14. The average Bonchev–Trinajstić information content (AvgIpc) is 0.811. The van der Waals surface area contributed by atoms with Crippen LogP contribution in [0.5, 0.6) is 0 Å². The van der Waals surface area contributed by atoms with Crippen LogP contribution in [0.25, 0.3) is 0 Å². The molecule has 0 saturated carbocycles. The SMILES string of the molecule is O.O.O.[F][Y]([F])[F]. The van der Waals surface area contributed by atoms with Crippen LogP contribution in [0.1, 0.15) is 0 Å². The standard InChI is InChI=1S/3FH.3H2O.Y/h3*1H;3*1H2;/q;;;;;;+3/p-3. The van der Waals surface area contributed by atoms with Gasteiger partial charge in [0.1, 0.15) is 0 Å². The van der Waals surface area contributed by atoms with Crippen molar-refractivity contribution < 1.29 is 51.8 Å². The van der Waals surface area contributed by atoms with Gasteiger partial charge in [0, 0.05) is 0 Å². The summed E-state index contributed by atoms with van der Waals surface area (Å²) in [6.07, 6.45) is 0. The van der Waals surface area contributed by atoms with Crippen molar-refractivity contribution >= 4 is 0 Å². The molecule has 6 N–H and O–H groups in total. The second-order valence-electron chi connectivity index (χ2n) is 0.247. The predicted molar refractivity (Wildman–Crippen MR) is 14.2 cm³/mol. The van der Waals surface area contributed by atoms with E-state index in [1.807, 2.05) is 0 Å². The van der Waals surface area contributed by atoms with E-state index < -0.39 is 29.6 Å². The first-order chi connectivity index (χ1) is 1.73. The van der Waals surface area contributed by atoms with Gasteiger partial charge in [-0.1, -0.05) is 0 Å². The van der Waals surface area contributed by atoms with E-state index in [4.69, 9.17) is 0 Å². The zero-order valence-corrected chi connectivity index (χ0v) is 6.05. The molecule has 0 unspecified atom stereocenters. The molecule has 0 aliphatic rings. The van der Waals surface area contributed by atoms with Crippen molar-refractivity contribution in [1.29, 1.82) is 0 Å². The molecule has 0 rings (SSSR count). The van der Waals surface area contributed by atoms with Crippen molar-refractivity contribution in [2.24, 2.45) is 0 Å². The van der Waals surface area contributed by atoms with E-state index in [1.165, 1.54) is 0 Å². The molecule has 0 heterocycles. The molecule has 0 saturated heterocycles. The van der Waals surface area contributed by atoms with Crippen LogP contribution in [0.4, 0.5) is 5.77 Å². The summed E-state index contributed by atoms with van der Waals surface area (Å²) in [6, 6.07) is 0. The molecular formula is H6F3O3Y. The first kappa shape index (κ1) is 25.0. The Morgan fingerprint density at radius 1 is 0.714 bits per heavy atom. The second kappa shape index (κ2) is 15.9. The number of hydrogen-bond acceptors (Lipinski definition) is 0. The van der Waals surface area contributed by atoms with E-state index in [0.717, 1.165) is 0 Å². The average molecular weight is 200 g/mol. The molecule has 0 aromatic heterocycles. The molecule has 0 amide bonds. The number of hydrogen-bond donors (Lipinski definition) is 0. The minimum atomic E-state index is -5.14. The van der Waals surface area contributed by atoms with Gasteiger partial charge in [0.05, 0.1) is 0 Å². The van der Waals surface area contributed by atoms with Crippen molar-refractivity contribution in [3.63, 3.8) is 0 Å². The molecule has 0 bridgehead atoms. The Bertz CT molecular complexity index is 14.9. The normalized spacial score (nSPS) is 3.86. The van der Waals surface area contributed by atoms with Gasteiger partial charge in [-0.25, -0.2) is 0 Å². The topological polar surface area (TPSA) is 94.5 Å². The van der Waals surface area contributed by atoms with E-state index in [-0.39, 0.29) is 16.4 Å². The second-order valence-corrected chi connectivity index (χ2v) is 1.46. The Kier molecular flexibility index (Phi) is 56.7. The summed E-state index contributed by atoms with van der Waals surface area (Å²) in [6.45, 7) is 0. The minimum absolute atomic E-state index is 0. The molecule has 0 radical (unpaired) electrons. The van der Waals surface area contributed by atoms with Crippen LogP contribution in [0, 0.1) is 0 Å². The zero-order valence-electron chi connectivity index (χ0n) is 3.21. The summed E-state index contributed by atoms with van der Waals surface area (Å²) in [5.41, 5.74) is 0. The fourth-order valence-electron chi connectivity index (χ4n) is 0. The molecule has 7 heteroatoms. The van der Waals surface area contributed by atoms with Crippen molar-refractivity contribution in [3.8, 4) is 0 Å². The van der Waals surface area contributed by atoms with Gasteiger partial charge in [0.2, 0.25) is 0 Å². The Morgan fingerprint density at radius 2 is 0.714 bits per heavy atom. The fraction of sp³-hybridized carbons (Fsp3) is 0. The fourth-order valence-corrected chi connectivity index (χ4v) is 0. The molecule has 0 spiro atoms. The molecule has 0 atom stereocenters. The van der Waals surface area contributed by atoms with Crippen LogP contribution in [0.15, 0.2) is 0 Å². The van der Waals surface area contributed by atoms with Crippen molar-refractivity contribution in [2.75, 3.05) is 0 Å². The monoisotopic (exact) mass is 200 g/mol. The first-order valence-corrected chi connectivity index (χ1v) is 3.87. The Balaban J connectivity index is -0.0000000150. The molecule has 0 fully saturated rings. The van der Waals surface area contributed by atoms with Crippen LogP contribution < -0.4 is 0 Å². The third-order valence-corrected chi connectivity index (χ3v) is 0. The van der Waals surface area contributed by atoms with Gasteiger partial charge in [0.15, 0.2) is 0 Å². The van der Waals surface area contributed by atoms with Crippen LogP contribution in [0.3, 0.4) is 0 Å². The van der Waals surface area contributed by atoms with Gasteiger partial charge in [-0.3, -0.25) is 0 Å². The van der Waals surface area contributed by atoms with Gasteiger partial charge in [-0.05, 0) is 0 Å². The summed E-state index contributed by atoms with van der Waals surface area (Å²) in [5.74, 6) is 0. The Hall–Kier alpha value is 0.774. The van der Waals surface area contributed by atoms with E-state index in [1.54, 1.807) is 0 Å². The summed E-state index contributed by atoms with van der Waals surface area (Å²) in [5, 5.41) is 0. The molecule has 48 valence electrons. The summed E-state index contributed by atoms with van der Waals surface area (Å²) in [4.78, 5) is 0.